The number of aromatic amines is 1. The van der Waals surface area contributed by atoms with E-state index in [1.54, 1.807) is 4.90 Å². The molecule has 0 spiro atoms. The lowest BCUT2D eigenvalue weighted by atomic mass is 10.1. The zero-order chi connectivity index (χ0) is 18.9. The zero-order valence-electron chi connectivity index (χ0n) is 13.5. The summed E-state index contributed by atoms with van der Waals surface area (Å²) in [6, 6.07) is 5.09. The molecule has 26 heavy (non-hydrogen) atoms. The Hall–Kier alpha value is -2.71. The fourth-order valence-electron chi connectivity index (χ4n) is 2.77. The molecule has 3 rings (SSSR count). The number of hydrogen-bond donors (Lipinski definition) is 0. The molecule has 1 amide bonds. The molecule has 0 radical (unpaired) electrons. The highest BCUT2D eigenvalue weighted by Gasteiger charge is 2.33. The van der Waals surface area contributed by atoms with Crippen molar-refractivity contribution in [1.82, 2.24) is 4.90 Å². The van der Waals surface area contributed by atoms with Gasteiger partial charge in [0.1, 0.15) is 30.9 Å². The number of pyridine rings is 1. The molecule has 4 nitrogen and oxygen atoms in total. The number of carbonyl (C=O) groups is 1. The number of alkyl halides is 3. The van der Waals surface area contributed by atoms with Gasteiger partial charge in [0.05, 0.1) is 24.2 Å². The van der Waals surface area contributed by atoms with Crippen LogP contribution in [-0.2, 0) is 6.18 Å². The first kappa shape index (κ1) is 18.1. The Morgan fingerprint density at radius 3 is 2.23 bits per heavy atom. The van der Waals surface area contributed by atoms with E-state index in [2.05, 4.69) is 4.98 Å². The lowest BCUT2D eigenvalue weighted by molar-refractivity contribution is -0.367. The van der Waals surface area contributed by atoms with Crippen LogP contribution in [0.2, 0.25) is 0 Å². The van der Waals surface area contributed by atoms with E-state index in [9.17, 15) is 26.7 Å². The number of rotatable bonds is 2. The highest BCUT2D eigenvalue weighted by atomic mass is 19.4. The standard InChI is InChI=1S/C17H14F5N3O/c18-12-2-3-13(14(19)9-12)16(26)25-7-5-24(6-8-25)15-4-1-11(10-23-15)17(20,21)22/h1-4,9-10H,5-8H2/p+1. The summed E-state index contributed by atoms with van der Waals surface area (Å²) < 4.78 is 64.5. The summed E-state index contributed by atoms with van der Waals surface area (Å²) in [7, 11) is 0. The van der Waals surface area contributed by atoms with Crippen molar-refractivity contribution in [3.63, 3.8) is 0 Å². The number of benzene rings is 1. The van der Waals surface area contributed by atoms with Crippen LogP contribution in [0.4, 0.5) is 27.8 Å². The van der Waals surface area contributed by atoms with E-state index in [0.29, 0.717) is 25.0 Å². The molecule has 0 atom stereocenters. The number of amides is 1. The number of nitrogens with zero attached hydrogens (tertiary/aromatic N) is 2. The molecule has 138 valence electrons. The predicted octanol–water partition coefficient (Wildman–Crippen LogP) is 2.76. The first-order valence-corrected chi connectivity index (χ1v) is 7.84. The average Bonchev–Trinajstić information content (AvgIpc) is 2.61. The van der Waals surface area contributed by atoms with E-state index >= 15 is 0 Å². The van der Waals surface area contributed by atoms with Crippen molar-refractivity contribution in [1.29, 1.82) is 0 Å². The zero-order valence-corrected chi connectivity index (χ0v) is 13.5. The van der Waals surface area contributed by atoms with E-state index < -0.39 is 29.3 Å². The number of aromatic nitrogens is 1. The van der Waals surface area contributed by atoms with Crippen molar-refractivity contribution in [2.24, 2.45) is 0 Å². The van der Waals surface area contributed by atoms with E-state index in [1.165, 1.54) is 11.0 Å². The number of piperazine rings is 1. The maximum atomic E-state index is 13.7. The van der Waals surface area contributed by atoms with Crippen molar-refractivity contribution < 1.29 is 31.7 Å². The van der Waals surface area contributed by atoms with Crippen LogP contribution in [0.3, 0.4) is 0 Å². The van der Waals surface area contributed by atoms with Crippen LogP contribution in [0.15, 0.2) is 36.5 Å². The summed E-state index contributed by atoms with van der Waals surface area (Å²) in [5, 5.41) is 0. The van der Waals surface area contributed by atoms with Crippen LogP contribution in [0.1, 0.15) is 15.9 Å². The molecule has 1 N–H and O–H groups in total. The SMILES string of the molecule is O=C(c1ccc(F)cc1F)N1CCN(c2ccc(C(F)(F)F)c[nH+]2)CC1. The highest BCUT2D eigenvalue weighted by Crippen LogP contribution is 2.28. The van der Waals surface area contributed by atoms with Crippen LogP contribution in [0.25, 0.3) is 0 Å². The molecule has 1 aromatic carbocycles. The van der Waals surface area contributed by atoms with Crippen LogP contribution < -0.4 is 9.88 Å². The summed E-state index contributed by atoms with van der Waals surface area (Å²) in [4.78, 5) is 18.2. The number of carbonyl (C=O) groups excluding carboxylic acids is 1. The Kier molecular flexibility index (Phi) is 4.80. The quantitative estimate of drug-likeness (QED) is 0.761. The lowest BCUT2D eigenvalue weighted by Gasteiger charge is -2.31. The van der Waals surface area contributed by atoms with Gasteiger partial charge in [-0.05, 0) is 18.2 Å². The number of anilines is 1. The number of halogens is 5. The largest absolute Gasteiger partial charge is 0.419 e. The average molecular weight is 372 g/mol. The molecule has 1 aliphatic rings. The normalized spacial score (nSPS) is 15.3. The minimum atomic E-state index is -4.42. The van der Waals surface area contributed by atoms with Gasteiger partial charge >= 0.3 is 6.18 Å². The van der Waals surface area contributed by atoms with Crippen LogP contribution in [0, 0.1) is 11.6 Å². The second-order valence-electron chi connectivity index (χ2n) is 5.86. The van der Waals surface area contributed by atoms with Gasteiger partial charge in [-0.25, -0.2) is 13.8 Å². The minimum absolute atomic E-state index is 0.207. The third-order valence-corrected chi connectivity index (χ3v) is 4.19. The van der Waals surface area contributed by atoms with Crippen LogP contribution in [0.5, 0.6) is 0 Å². The molecular weight excluding hydrogens is 357 g/mol. The Labute approximate surface area is 145 Å². The molecule has 0 aliphatic carbocycles. The highest BCUT2D eigenvalue weighted by molar-refractivity contribution is 5.94. The topological polar surface area (TPSA) is 37.7 Å². The first-order valence-electron chi connectivity index (χ1n) is 7.84. The van der Waals surface area contributed by atoms with Crippen molar-refractivity contribution in [2.45, 2.75) is 6.18 Å². The summed E-state index contributed by atoms with van der Waals surface area (Å²) in [5.41, 5.74) is -0.984. The number of nitrogens with one attached hydrogen (secondary N) is 1. The molecule has 0 saturated carbocycles. The summed E-state index contributed by atoms with van der Waals surface area (Å²) in [5.74, 6) is -1.73. The van der Waals surface area contributed by atoms with E-state index in [-0.39, 0.29) is 18.7 Å². The molecular formula is C17H15F5N3O+. The van der Waals surface area contributed by atoms with Gasteiger partial charge in [-0.3, -0.25) is 9.69 Å². The van der Waals surface area contributed by atoms with Gasteiger partial charge in [0.25, 0.3) is 11.7 Å². The number of H-pyrrole nitrogens is 1. The summed E-state index contributed by atoms with van der Waals surface area (Å²) in [6.07, 6.45) is -3.53. The number of hydrogen-bond acceptors (Lipinski definition) is 2. The lowest BCUT2D eigenvalue weighted by Crippen LogP contribution is -2.50. The monoisotopic (exact) mass is 372 g/mol. The summed E-state index contributed by atoms with van der Waals surface area (Å²) >= 11 is 0. The molecule has 9 heteroatoms. The molecule has 1 aromatic heterocycles. The van der Waals surface area contributed by atoms with Crippen LogP contribution in [-0.4, -0.2) is 37.0 Å². The second-order valence-corrected chi connectivity index (χ2v) is 5.86. The van der Waals surface area contributed by atoms with Crippen molar-refractivity contribution in [2.75, 3.05) is 31.1 Å². The molecule has 2 heterocycles. The Balaban J connectivity index is 1.64. The Bertz CT molecular complexity index is 799. The fraction of sp³-hybridized carbons (Fsp3) is 0.294. The minimum Gasteiger partial charge on any atom is -0.331 e. The Morgan fingerprint density at radius 2 is 1.69 bits per heavy atom. The van der Waals surface area contributed by atoms with E-state index in [0.717, 1.165) is 24.4 Å². The summed E-state index contributed by atoms with van der Waals surface area (Å²) in [6.45, 7) is 1.28. The van der Waals surface area contributed by atoms with E-state index in [4.69, 9.17) is 0 Å². The maximum absolute atomic E-state index is 13.7. The van der Waals surface area contributed by atoms with Gasteiger partial charge in [0.15, 0.2) is 0 Å². The van der Waals surface area contributed by atoms with Crippen LogP contribution >= 0.6 is 0 Å². The molecule has 0 unspecified atom stereocenters. The van der Waals surface area contributed by atoms with Crippen molar-refractivity contribution in [3.05, 3.63) is 59.3 Å². The third kappa shape index (κ3) is 3.76. The fourth-order valence-corrected chi connectivity index (χ4v) is 2.77. The maximum Gasteiger partial charge on any atom is 0.419 e. The molecule has 2 aromatic rings. The molecule has 1 saturated heterocycles. The van der Waals surface area contributed by atoms with Crippen molar-refractivity contribution in [3.8, 4) is 0 Å². The van der Waals surface area contributed by atoms with Gasteiger partial charge in [-0.1, -0.05) is 0 Å². The molecule has 1 aliphatic heterocycles. The van der Waals surface area contributed by atoms with Gasteiger partial charge in [-0.15, -0.1) is 0 Å². The predicted molar refractivity (Wildman–Crippen MR) is 82.5 cm³/mol. The van der Waals surface area contributed by atoms with Gasteiger partial charge < -0.3 is 4.90 Å². The van der Waals surface area contributed by atoms with Gasteiger partial charge in [0.2, 0.25) is 0 Å². The van der Waals surface area contributed by atoms with Crippen molar-refractivity contribution >= 4 is 11.7 Å². The molecule has 0 bridgehead atoms. The Morgan fingerprint density at radius 1 is 1.00 bits per heavy atom. The second kappa shape index (κ2) is 6.89. The van der Waals surface area contributed by atoms with Gasteiger partial charge in [-0.2, -0.15) is 13.2 Å². The van der Waals surface area contributed by atoms with E-state index in [1.807, 2.05) is 0 Å². The van der Waals surface area contributed by atoms with Gasteiger partial charge in [0, 0.05) is 12.1 Å². The molecule has 1 fully saturated rings. The first-order chi connectivity index (χ1) is 12.3. The third-order valence-electron chi connectivity index (χ3n) is 4.19. The smallest absolute Gasteiger partial charge is 0.331 e.